The highest BCUT2D eigenvalue weighted by atomic mass is 32.2. The molecule has 1 aliphatic rings. The first-order valence-electron chi connectivity index (χ1n) is 7.93. The van der Waals surface area contributed by atoms with Crippen molar-refractivity contribution in [1.82, 2.24) is 10.2 Å². The van der Waals surface area contributed by atoms with Gasteiger partial charge in [-0.15, -0.1) is 0 Å². The van der Waals surface area contributed by atoms with E-state index in [-0.39, 0.29) is 5.75 Å². The fraction of sp³-hybridized carbons (Fsp3) is 0.562. The summed E-state index contributed by atoms with van der Waals surface area (Å²) in [6, 6.07) is 10.4. The molecule has 0 unspecified atom stereocenters. The van der Waals surface area contributed by atoms with E-state index in [1.54, 1.807) is 7.05 Å². The summed E-state index contributed by atoms with van der Waals surface area (Å²) in [5.41, 5.74) is 1.25. The normalized spacial score (nSPS) is 16.5. The molecule has 0 spiro atoms. The SMILES string of the molecule is CN=C(NCCCS(C)(=O)=O)N1CCN(c2ccccc2)CC1. The van der Waals surface area contributed by atoms with E-state index in [9.17, 15) is 8.42 Å². The molecule has 0 saturated carbocycles. The minimum atomic E-state index is -2.89. The lowest BCUT2D eigenvalue weighted by Gasteiger charge is -2.37. The van der Waals surface area contributed by atoms with Crippen LogP contribution in [0.25, 0.3) is 0 Å². The van der Waals surface area contributed by atoms with Crippen LogP contribution in [0.4, 0.5) is 5.69 Å². The number of benzene rings is 1. The monoisotopic (exact) mass is 338 g/mol. The summed E-state index contributed by atoms with van der Waals surface area (Å²) in [7, 11) is -1.13. The number of aliphatic imine (C=N–C) groups is 1. The van der Waals surface area contributed by atoms with Gasteiger partial charge >= 0.3 is 0 Å². The minimum absolute atomic E-state index is 0.207. The number of rotatable bonds is 5. The maximum absolute atomic E-state index is 11.1. The van der Waals surface area contributed by atoms with Crippen molar-refractivity contribution in [3.8, 4) is 0 Å². The maximum Gasteiger partial charge on any atom is 0.193 e. The highest BCUT2D eigenvalue weighted by molar-refractivity contribution is 7.90. The third kappa shape index (κ3) is 5.74. The van der Waals surface area contributed by atoms with Crippen molar-refractivity contribution < 1.29 is 8.42 Å². The molecule has 0 amide bonds. The van der Waals surface area contributed by atoms with Crippen LogP contribution in [0.5, 0.6) is 0 Å². The highest BCUT2D eigenvalue weighted by Gasteiger charge is 2.19. The van der Waals surface area contributed by atoms with E-state index in [2.05, 4.69) is 44.4 Å². The number of nitrogens with one attached hydrogen (secondary N) is 1. The smallest absolute Gasteiger partial charge is 0.193 e. The Balaban J connectivity index is 1.78. The van der Waals surface area contributed by atoms with Crippen molar-refractivity contribution in [1.29, 1.82) is 0 Å². The summed E-state index contributed by atoms with van der Waals surface area (Å²) in [6.45, 7) is 4.34. The molecule has 1 N–H and O–H groups in total. The zero-order valence-electron chi connectivity index (χ0n) is 13.9. The highest BCUT2D eigenvalue weighted by Crippen LogP contribution is 2.15. The number of piperazine rings is 1. The molecule has 0 aliphatic carbocycles. The third-order valence-electron chi connectivity index (χ3n) is 3.89. The Morgan fingerprint density at radius 3 is 2.39 bits per heavy atom. The Kier molecular flexibility index (Phi) is 6.27. The number of sulfone groups is 1. The van der Waals surface area contributed by atoms with E-state index >= 15 is 0 Å². The van der Waals surface area contributed by atoms with Crippen molar-refractivity contribution in [2.45, 2.75) is 6.42 Å². The van der Waals surface area contributed by atoms with Crippen molar-refractivity contribution in [2.24, 2.45) is 4.99 Å². The van der Waals surface area contributed by atoms with Gasteiger partial charge < -0.3 is 15.1 Å². The van der Waals surface area contributed by atoms with Crippen LogP contribution in [0.2, 0.25) is 0 Å². The fourth-order valence-electron chi connectivity index (χ4n) is 2.68. The topological polar surface area (TPSA) is 65.0 Å². The van der Waals surface area contributed by atoms with E-state index in [0.29, 0.717) is 13.0 Å². The van der Waals surface area contributed by atoms with Crippen LogP contribution in [0, 0.1) is 0 Å². The van der Waals surface area contributed by atoms with Crippen molar-refractivity contribution >= 4 is 21.5 Å². The van der Waals surface area contributed by atoms with Crippen molar-refractivity contribution in [3.63, 3.8) is 0 Å². The first-order chi connectivity index (χ1) is 11.0. The minimum Gasteiger partial charge on any atom is -0.368 e. The van der Waals surface area contributed by atoms with Gasteiger partial charge in [0.05, 0.1) is 5.75 Å². The van der Waals surface area contributed by atoms with E-state index in [1.165, 1.54) is 11.9 Å². The number of hydrogen-bond acceptors (Lipinski definition) is 4. The van der Waals surface area contributed by atoms with Gasteiger partial charge in [0.25, 0.3) is 0 Å². The molecule has 0 aromatic heterocycles. The second kappa shape index (κ2) is 8.19. The lowest BCUT2D eigenvalue weighted by Crippen LogP contribution is -2.52. The molecule has 1 aliphatic heterocycles. The third-order valence-corrected chi connectivity index (χ3v) is 4.92. The van der Waals surface area contributed by atoms with Crippen LogP contribution < -0.4 is 10.2 Å². The second-order valence-corrected chi connectivity index (χ2v) is 8.03. The number of hydrogen-bond donors (Lipinski definition) is 1. The lowest BCUT2D eigenvalue weighted by molar-refractivity contribution is 0.373. The number of anilines is 1. The molecule has 6 nitrogen and oxygen atoms in total. The number of guanidine groups is 1. The van der Waals surface area contributed by atoms with Crippen LogP contribution in [0.3, 0.4) is 0 Å². The van der Waals surface area contributed by atoms with Crippen molar-refractivity contribution in [2.75, 3.05) is 56.7 Å². The molecular formula is C16H26N4O2S. The predicted molar refractivity (Wildman–Crippen MR) is 95.9 cm³/mol. The fourth-order valence-corrected chi connectivity index (χ4v) is 3.35. The van der Waals surface area contributed by atoms with Crippen LogP contribution in [-0.4, -0.2) is 71.1 Å². The van der Waals surface area contributed by atoms with Gasteiger partial charge in [-0.3, -0.25) is 4.99 Å². The van der Waals surface area contributed by atoms with E-state index in [0.717, 1.165) is 32.1 Å². The zero-order valence-corrected chi connectivity index (χ0v) is 14.7. The summed E-state index contributed by atoms with van der Waals surface area (Å²) in [5, 5.41) is 3.26. The molecule has 0 bridgehead atoms. The summed E-state index contributed by atoms with van der Waals surface area (Å²) in [5.74, 6) is 1.06. The summed E-state index contributed by atoms with van der Waals surface area (Å²) in [4.78, 5) is 8.90. The maximum atomic E-state index is 11.1. The average Bonchev–Trinajstić information content (AvgIpc) is 2.55. The molecule has 1 heterocycles. The Labute approximate surface area is 139 Å². The predicted octanol–water partition coefficient (Wildman–Crippen LogP) is 0.819. The molecular weight excluding hydrogens is 312 g/mol. The molecule has 0 atom stereocenters. The van der Waals surface area contributed by atoms with E-state index in [4.69, 9.17) is 0 Å². The van der Waals surface area contributed by atoms with E-state index in [1.807, 2.05) is 6.07 Å². The van der Waals surface area contributed by atoms with Gasteiger partial charge in [0.1, 0.15) is 9.84 Å². The molecule has 1 fully saturated rings. The quantitative estimate of drug-likeness (QED) is 0.489. The van der Waals surface area contributed by atoms with Gasteiger partial charge in [-0.05, 0) is 18.6 Å². The summed E-state index contributed by atoms with van der Waals surface area (Å²) in [6.07, 6.45) is 1.87. The van der Waals surface area contributed by atoms with E-state index < -0.39 is 9.84 Å². The summed E-state index contributed by atoms with van der Waals surface area (Å²) >= 11 is 0. The Bertz CT molecular complexity index is 608. The molecule has 23 heavy (non-hydrogen) atoms. The molecule has 1 aromatic rings. The van der Waals surface area contributed by atoms with Crippen LogP contribution in [0.15, 0.2) is 35.3 Å². The average molecular weight is 338 g/mol. The Morgan fingerprint density at radius 2 is 1.83 bits per heavy atom. The first-order valence-corrected chi connectivity index (χ1v) is 9.99. The zero-order chi connectivity index (χ0) is 16.7. The van der Waals surface area contributed by atoms with Gasteiger partial charge in [-0.1, -0.05) is 18.2 Å². The standard InChI is InChI=1S/C16H26N4O2S/c1-17-16(18-9-6-14-23(2,21)22)20-12-10-19(11-13-20)15-7-4-3-5-8-15/h3-5,7-8H,6,9-14H2,1-2H3,(H,17,18). The lowest BCUT2D eigenvalue weighted by atomic mass is 10.2. The molecule has 0 radical (unpaired) electrons. The molecule has 2 rings (SSSR count). The van der Waals surface area contributed by atoms with Crippen LogP contribution >= 0.6 is 0 Å². The van der Waals surface area contributed by atoms with Crippen LogP contribution in [-0.2, 0) is 9.84 Å². The Hall–Kier alpha value is -1.76. The number of para-hydroxylation sites is 1. The number of nitrogens with zero attached hydrogens (tertiary/aromatic N) is 3. The Morgan fingerprint density at radius 1 is 1.17 bits per heavy atom. The first kappa shape index (κ1) is 17.6. The largest absolute Gasteiger partial charge is 0.368 e. The van der Waals surface area contributed by atoms with Gasteiger partial charge in [0.15, 0.2) is 5.96 Å². The van der Waals surface area contributed by atoms with Crippen molar-refractivity contribution in [3.05, 3.63) is 30.3 Å². The molecule has 7 heteroatoms. The molecule has 128 valence electrons. The van der Waals surface area contributed by atoms with Gasteiger partial charge in [0.2, 0.25) is 0 Å². The second-order valence-electron chi connectivity index (χ2n) is 5.77. The molecule has 1 saturated heterocycles. The summed E-state index contributed by atoms with van der Waals surface area (Å²) < 4.78 is 22.3. The van der Waals surface area contributed by atoms with Gasteiger partial charge in [-0.2, -0.15) is 0 Å². The van der Waals surface area contributed by atoms with Gasteiger partial charge in [0, 0.05) is 51.7 Å². The van der Waals surface area contributed by atoms with Gasteiger partial charge in [-0.25, -0.2) is 8.42 Å². The molecule has 1 aromatic carbocycles. The van der Waals surface area contributed by atoms with Crippen LogP contribution in [0.1, 0.15) is 6.42 Å².